The Morgan fingerprint density at radius 2 is 1.32 bits per heavy atom. The van der Waals surface area contributed by atoms with Crippen molar-refractivity contribution >= 4 is 27.5 Å². The molecule has 4 aromatic carbocycles. The summed E-state index contributed by atoms with van der Waals surface area (Å²) in [5.41, 5.74) is 2.04. The van der Waals surface area contributed by atoms with Crippen molar-refractivity contribution in [1.29, 1.82) is 0 Å². The van der Waals surface area contributed by atoms with Crippen LogP contribution in [0.15, 0.2) is 120 Å². The minimum Gasteiger partial charge on any atom is -0.497 e. The summed E-state index contributed by atoms with van der Waals surface area (Å²) < 4.78 is 34.4. The van der Waals surface area contributed by atoms with Crippen LogP contribution in [-0.2, 0) is 32.6 Å². The van der Waals surface area contributed by atoms with Gasteiger partial charge in [-0.3, -0.25) is 13.9 Å². The summed E-state index contributed by atoms with van der Waals surface area (Å²) in [6.45, 7) is 4.06. The largest absolute Gasteiger partial charge is 0.497 e. The Labute approximate surface area is 260 Å². The highest BCUT2D eigenvalue weighted by molar-refractivity contribution is 7.92. The fourth-order valence-electron chi connectivity index (χ4n) is 4.75. The van der Waals surface area contributed by atoms with E-state index >= 15 is 0 Å². The van der Waals surface area contributed by atoms with Gasteiger partial charge in [-0.2, -0.15) is 0 Å². The quantitative estimate of drug-likeness (QED) is 0.208. The van der Waals surface area contributed by atoms with Gasteiger partial charge in [-0.05, 0) is 53.4 Å². The molecule has 230 valence electrons. The number of para-hydroxylation sites is 1. The molecule has 1 atom stereocenters. The zero-order chi connectivity index (χ0) is 31.5. The van der Waals surface area contributed by atoms with Crippen LogP contribution >= 0.6 is 0 Å². The van der Waals surface area contributed by atoms with E-state index in [-0.39, 0.29) is 29.7 Å². The molecule has 0 aliphatic carbocycles. The zero-order valence-corrected chi connectivity index (χ0v) is 26.1. The molecule has 0 aliphatic rings. The lowest BCUT2D eigenvalue weighted by Crippen LogP contribution is -2.53. The predicted molar refractivity (Wildman–Crippen MR) is 173 cm³/mol. The number of benzene rings is 4. The summed E-state index contributed by atoms with van der Waals surface area (Å²) in [6.07, 6.45) is 0.264. The second-order valence-electron chi connectivity index (χ2n) is 10.9. The van der Waals surface area contributed by atoms with Crippen molar-refractivity contribution in [3.63, 3.8) is 0 Å². The molecule has 1 N–H and O–H groups in total. The van der Waals surface area contributed by atoms with Crippen LogP contribution in [0.4, 0.5) is 5.69 Å². The smallest absolute Gasteiger partial charge is 0.264 e. The van der Waals surface area contributed by atoms with Crippen LogP contribution in [0.25, 0.3) is 0 Å². The third-order valence-corrected chi connectivity index (χ3v) is 8.91. The van der Waals surface area contributed by atoms with Gasteiger partial charge in [0.25, 0.3) is 10.0 Å². The molecule has 4 rings (SSSR count). The molecule has 0 spiro atoms. The van der Waals surface area contributed by atoms with Gasteiger partial charge < -0.3 is 15.0 Å². The third-order valence-electron chi connectivity index (χ3n) is 7.12. The van der Waals surface area contributed by atoms with Gasteiger partial charge in [0.2, 0.25) is 11.8 Å². The highest BCUT2D eigenvalue weighted by Gasteiger charge is 2.34. The Bertz CT molecular complexity index is 1600. The van der Waals surface area contributed by atoms with Crippen LogP contribution in [0.1, 0.15) is 25.0 Å². The first-order valence-electron chi connectivity index (χ1n) is 14.6. The van der Waals surface area contributed by atoms with Crippen molar-refractivity contribution in [3.8, 4) is 5.75 Å². The van der Waals surface area contributed by atoms with Crippen molar-refractivity contribution in [3.05, 3.63) is 126 Å². The number of nitrogens with one attached hydrogen (secondary N) is 1. The van der Waals surface area contributed by atoms with Crippen molar-refractivity contribution in [2.75, 3.05) is 24.5 Å². The first-order valence-corrected chi connectivity index (χ1v) is 16.0. The van der Waals surface area contributed by atoms with Gasteiger partial charge in [-0.15, -0.1) is 0 Å². The van der Waals surface area contributed by atoms with Crippen molar-refractivity contribution < 1.29 is 22.7 Å². The van der Waals surface area contributed by atoms with E-state index in [0.29, 0.717) is 18.0 Å². The summed E-state index contributed by atoms with van der Waals surface area (Å²) in [6, 6.07) is 32.5. The first-order chi connectivity index (χ1) is 21.2. The van der Waals surface area contributed by atoms with E-state index in [1.807, 2.05) is 74.5 Å². The number of carbonyl (C=O) groups is 2. The highest BCUT2D eigenvalue weighted by Crippen LogP contribution is 2.26. The van der Waals surface area contributed by atoms with E-state index in [4.69, 9.17) is 4.74 Å². The van der Waals surface area contributed by atoms with Crippen molar-refractivity contribution in [2.24, 2.45) is 5.92 Å². The lowest BCUT2D eigenvalue weighted by atomic mass is 10.0. The maximum Gasteiger partial charge on any atom is 0.264 e. The average molecular weight is 614 g/mol. The second kappa shape index (κ2) is 15.2. The van der Waals surface area contributed by atoms with Gasteiger partial charge in [0.05, 0.1) is 17.7 Å². The lowest BCUT2D eigenvalue weighted by molar-refractivity contribution is -0.140. The van der Waals surface area contributed by atoms with E-state index in [9.17, 15) is 18.0 Å². The fraction of sp³-hybridized carbons (Fsp3) is 0.257. The monoisotopic (exact) mass is 613 g/mol. The number of rotatable bonds is 14. The number of nitrogens with zero attached hydrogens (tertiary/aromatic N) is 2. The average Bonchev–Trinajstić information content (AvgIpc) is 3.05. The first kappa shape index (κ1) is 32.3. The summed E-state index contributed by atoms with van der Waals surface area (Å²) in [7, 11) is -2.67. The molecule has 0 heterocycles. The SMILES string of the molecule is COc1ccc(S(=O)(=O)N(CC(=O)N(Cc2ccccc2)[C@H](Cc2ccccc2)C(=O)NCC(C)C)c2ccccc2)cc1. The number of sulfonamides is 1. The van der Waals surface area contributed by atoms with Gasteiger partial charge in [0, 0.05) is 19.5 Å². The number of carbonyl (C=O) groups excluding carboxylic acids is 2. The Balaban J connectivity index is 1.76. The van der Waals surface area contributed by atoms with Gasteiger partial charge in [-0.1, -0.05) is 92.7 Å². The summed E-state index contributed by atoms with van der Waals surface area (Å²) in [5.74, 6) is -0.0826. The zero-order valence-electron chi connectivity index (χ0n) is 25.3. The molecule has 0 saturated carbocycles. The molecule has 44 heavy (non-hydrogen) atoms. The Morgan fingerprint density at radius 3 is 1.86 bits per heavy atom. The van der Waals surface area contributed by atoms with Crippen molar-refractivity contribution in [2.45, 2.75) is 37.8 Å². The van der Waals surface area contributed by atoms with Gasteiger partial charge in [0.1, 0.15) is 18.3 Å². The van der Waals surface area contributed by atoms with Crippen LogP contribution in [-0.4, -0.2) is 51.4 Å². The van der Waals surface area contributed by atoms with Crippen LogP contribution in [0.3, 0.4) is 0 Å². The number of hydrogen-bond acceptors (Lipinski definition) is 5. The molecule has 9 heteroatoms. The molecular weight excluding hydrogens is 574 g/mol. The lowest BCUT2D eigenvalue weighted by Gasteiger charge is -2.34. The van der Waals surface area contributed by atoms with Gasteiger partial charge in [-0.25, -0.2) is 8.42 Å². The fourth-order valence-corrected chi connectivity index (χ4v) is 6.17. The molecule has 0 aromatic heterocycles. The molecule has 0 radical (unpaired) electrons. The normalized spacial score (nSPS) is 11.9. The van der Waals surface area contributed by atoms with Gasteiger partial charge in [0.15, 0.2) is 0 Å². The number of ether oxygens (including phenoxy) is 1. The molecular formula is C35H39N3O5S. The maximum atomic E-state index is 14.4. The van der Waals surface area contributed by atoms with Crippen LogP contribution in [0, 0.1) is 5.92 Å². The third kappa shape index (κ3) is 8.48. The van der Waals surface area contributed by atoms with E-state index in [0.717, 1.165) is 15.4 Å². The topological polar surface area (TPSA) is 96.0 Å². The van der Waals surface area contributed by atoms with E-state index in [2.05, 4.69) is 5.32 Å². The van der Waals surface area contributed by atoms with Crippen LogP contribution in [0.5, 0.6) is 5.75 Å². The molecule has 4 aromatic rings. The second-order valence-corrected chi connectivity index (χ2v) is 12.7. The summed E-state index contributed by atoms with van der Waals surface area (Å²) >= 11 is 0. The Kier molecular flexibility index (Phi) is 11.2. The van der Waals surface area contributed by atoms with E-state index in [1.165, 1.54) is 24.1 Å². The predicted octanol–water partition coefficient (Wildman–Crippen LogP) is 5.30. The number of anilines is 1. The molecule has 2 amide bonds. The highest BCUT2D eigenvalue weighted by atomic mass is 32.2. The summed E-state index contributed by atoms with van der Waals surface area (Å²) in [5, 5.41) is 3.00. The molecule has 0 saturated heterocycles. The Hall–Kier alpha value is -4.63. The van der Waals surface area contributed by atoms with E-state index < -0.39 is 28.5 Å². The molecule has 0 unspecified atom stereocenters. The Morgan fingerprint density at radius 1 is 0.773 bits per heavy atom. The molecule has 0 aliphatic heterocycles. The number of amides is 2. The molecule has 8 nitrogen and oxygen atoms in total. The van der Waals surface area contributed by atoms with E-state index in [1.54, 1.807) is 42.5 Å². The minimum absolute atomic E-state index is 0.0140. The standard InChI is InChI=1S/C35H39N3O5S/c1-27(2)24-36-35(40)33(23-28-13-7-4-8-14-28)37(25-29-15-9-5-10-16-29)34(39)26-38(30-17-11-6-12-18-30)44(41,42)32-21-19-31(43-3)20-22-32/h4-22,27,33H,23-26H2,1-3H3,(H,36,40)/t33-/m1/s1. The molecule has 0 bridgehead atoms. The van der Waals surface area contributed by atoms with Gasteiger partial charge >= 0.3 is 0 Å². The maximum absolute atomic E-state index is 14.4. The number of hydrogen-bond donors (Lipinski definition) is 1. The minimum atomic E-state index is -4.18. The summed E-state index contributed by atoms with van der Waals surface area (Å²) in [4.78, 5) is 29.7. The molecule has 0 fully saturated rings. The van der Waals surface area contributed by atoms with Crippen molar-refractivity contribution in [1.82, 2.24) is 10.2 Å². The van der Waals surface area contributed by atoms with Crippen LogP contribution < -0.4 is 14.4 Å². The van der Waals surface area contributed by atoms with Crippen LogP contribution in [0.2, 0.25) is 0 Å². The number of methoxy groups -OCH3 is 1.